The van der Waals surface area contributed by atoms with E-state index in [1.54, 1.807) is 16.5 Å². The van der Waals surface area contributed by atoms with Crippen molar-refractivity contribution < 1.29 is 18.7 Å². The standard InChI is InChI=1S/C22H17FN6O3/c23-16-5-6-19-14(7-8-31-19)15(16)9-24-21-25-10-17(20-27-26-12-29(20)21)28-11-13-3-1-2-4-18(13)32-22(28)30/h1-6,10,12H,7-9,11H2,(H,24,25). The van der Waals surface area contributed by atoms with Gasteiger partial charge in [-0.25, -0.2) is 18.6 Å². The monoisotopic (exact) mass is 432 g/mol. The van der Waals surface area contributed by atoms with E-state index in [0.29, 0.717) is 53.9 Å². The number of amides is 1. The summed E-state index contributed by atoms with van der Waals surface area (Å²) in [7, 11) is 0. The lowest BCUT2D eigenvalue weighted by Crippen LogP contribution is -2.37. The highest BCUT2D eigenvalue weighted by Crippen LogP contribution is 2.33. The molecule has 0 aliphatic carbocycles. The summed E-state index contributed by atoms with van der Waals surface area (Å²) in [5, 5.41) is 11.3. The van der Waals surface area contributed by atoms with Gasteiger partial charge in [0.15, 0.2) is 5.65 Å². The van der Waals surface area contributed by atoms with Crippen LogP contribution in [-0.4, -0.2) is 32.3 Å². The van der Waals surface area contributed by atoms with Gasteiger partial charge in [0.05, 0.1) is 19.3 Å². The van der Waals surface area contributed by atoms with Gasteiger partial charge in [-0.2, -0.15) is 0 Å². The molecule has 6 rings (SSSR count). The number of carbonyl (C=O) groups is 1. The average Bonchev–Trinajstić information content (AvgIpc) is 3.48. The molecule has 4 heterocycles. The first-order valence-electron chi connectivity index (χ1n) is 10.1. The van der Waals surface area contributed by atoms with Crippen LogP contribution in [0.15, 0.2) is 48.9 Å². The van der Waals surface area contributed by atoms with Crippen molar-refractivity contribution in [1.82, 2.24) is 19.6 Å². The van der Waals surface area contributed by atoms with Crippen LogP contribution in [0.25, 0.3) is 5.65 Å². The Labute approximate surface area is 181 Å². The normalized spacial score (nSPS) is 14.7. The Morgan fingerprint density at radius 3 is 3.00 bits per heavy atom. The smallest absolute Gasteiger partial charge is 0.420 e. The van der Waals surface area contributed by atoms with Crippen molar-refractivity contribution in [2.45, 2.75) is 19.5 Å². The fourth-order valence-electron chi connectivity index (χ4n) is 4.10. The Balaban J connectivity index is 1.32. The largest absolute Gasteiger partial charge is 0.493 e. The number of nitrogens with zero attached hydrogens (tertiary/aromatic N) is 5. The van der Waals surface area contributed by atoms with Gasteiger partial charge in [0.2, 0.25) is 5.95 Å². The maximum atomic E-state index is 14.5. The van der Waals surface area contributed by atoms with E-state index in [1.807, 2.05) is 18.2 Å². The molecule has 4 aromatic rings. The first kappa shape index (κ1) is 18.6. The number of nitrogens with one attached hydrogen (secondary N) is 1. The summed E-state index contributed by atoms with van der Waals surface area (Å²) in [6.45, 7) is 1.09. The lowest BCUT2D eigenvalue weighted by molar-refractivity contribution is 0.203. The summed E-state index contributed by atoms with van der Waals surface area (Å²) in [6.07, 6.45) is 3.18. The van der Waals surface area contributed by atoms with Crippen molar-refractivity contribution in [2.75, 3.05) is 16.8 Å². The molecular formula is C22H17FN6O3. The summed E-state index contributed by atoms with van der Waals surface area (Å²) in [5.74, 6) is 1.38. The minimum Gasteiger partial charge on any atom is -0.493 e. The highest BCUT2D eigenvalue weighted by molar-refractivity contribution is 5.94. The molecule has 2 aromatic heterocycles. The number of hydrogen-bond donors (Lipinski definition) is 1. The van der Waals surface area contributed by atoms with Crippen LogP contribution >= 0.6 is 0 Å². The number of aromatic nitrogens is 4. The van der Waals surface area contributed by atoms with Crippen molar-refractivity contribution in [2.24, 2.45) is 0 Å². The zero-order valence-electron chi connectivity index (χ0n) is 16.8. The molecule has 0 spiro atoms. The van der Waals surface area contributed by atoms with Crippen molar-refractivity contribution in [3.8, 4) is 11.5 Å². The second-order valence-electron chi connectivity index (χ2n) is 7.51. The lowest BCUT2D eigenvalue weighted by atomic mass is 10.0. The number of halogens is 1. The van der Waals surface area contributed by atoms with E-state index in [-0.39, 0.29) is 12.4 Å². The van der Waals surface area contributed by atoms with Gasteiger partial charge < -0.3 is 14.8 Å². The van der Waals surface area contributed by atoms with Crippen LogP contribution in [0.4, 0.5) is 20.8 Å². The van der Waals surface area contributed by atoms with E-state index in [4.69, 9.17) is 9.47 Å². The van der Waals surface area contributed by atoms with E-state index >= 15 is 0 Å². The van der Waals surface area contributed by atoms with Crippen LogP contribution in [0, 0.1) is 5.82 Å². The summed E-state index contributed by atoms with van der Waals surface area (Å²) in [6, 6.07) is 10.4. The fraction of sp³-hybridized carbons (Fsp3) is 0.182. The predicted molar refractivity (Wildman–Crippen MR) is 112 cm³/mol. The zero-order valence-corrected chi connectivity index (χ0v) is 16.8. The SMILES string of the molecule is O=C1Oc2ccccc2CN1c1cnc(NCc2c(F)ccc3c2CCO3)n2cnnc12. The van der Waals surface area contributed by atoms with Crippen LogP contribution < -0.4 is 19.7 Å². The summed E-state index contributed by atoms with van der Waals surface area (Å²) < 4.78 is 27.1. The van der Waals surface area contributed by atoms with Gasteiger partial charge in [0, 0.05) is 29.7 Å². The molecule has 1 N–H and O–H groups in total. The molecule has 0 bridgehead atoms. The van der Waals surface area contributed by atoms with Gasteiger partial charge in [-0.1, -0.05) is 18.2 Å². The molecule has 0 saturated carbocycles. The molecule has 2 aliphatic heterocycles. The Bertz CT molecular complexity index is 1370. The number of para-hydroxylation sites is 1. The molecule has 2 aliphatic rings. The molecule has 32 heavy (non-hydrogen) atoms. The Kier molecular flexibility index (Phi) is 4.17. The average molecular weight is 432 g/mol. The number of benzene rings is 2. The Hall–Kier alpha value is -4.21. The number of hydrogen-bond acceptors (Lipinski definition) is 7. The molecule has 0 radical (unpaired) electrons. The highest BCUT2D eigenvalue weighted by atomic mass is 19.1. The molecule has 10 heteroatoms. The van der Waals surface area contributed by atoms with E-state index in [9.17, 15) is 9.18 Å². The van der Waals surface area contributed by atoms with E-state index in [2.05, 4.69) is 20.5 Å². The molecule has 0 unspecified atom stereocenters. The summed E-state index contributed by atoms with van der Waals surface area (Å²) in [5.41, 5.74) is 3.18. The van der Waals surface area contributed by atoms with Crippen LogP contribution in [0.3, 0.4) is 0 Å². The van der Waals surface area contributed by atoms with E-state index in [0.717, 1.165) is 11.1 Å². The second kappa shape index (κ2) is 7.19. The van der Waals surface area contributed by atoms with Crippen molar-refractivity contribution in [3.63, 3.8) is 0 Å². The van der Waals surface area contributed by atoms with Crippen LogP contribution in [0.2, 0.25) is 0 Å². The maximum absolute atomic E-state index is 14.5. The molecule has 2 aromatic carbocycles. The Morgan fingerprint density at radius 2 is 2.06 bits per heavy atom. The van der Waals surface area contributed by atoms with Gasteiger partial charge in [0.25, 0.3) is 0 Å². The third-order valence-electron chi connectivity index (χ3n) is 5.69. The van der Waals surface area contributed by atoms with Crippen molar-refractivity contribution in [1.29, 1.82) is 0 Å². The molecule has 160 valence electrons. The Morgan fingerprint density at radius 1 is 1.16 bits per heavy atom. The number of fused-ring (bicyclic) bond motifs is 3. The minimum atomic E-state index is -0.516. The second-order valence-corrected chi connectivity index (χ2v) is 7.51. The summed E-state index contributed by atoms with van der Waals surface area (Å²) >= 11 is 0. The van der Waals surface area contributed by atoms with Gasteiger partial charge in [-0.3, -0.25) is 4.90 Å². The minimum absolute atomic E-state index is 0.219. The summed E-state index contributed by atoms with van der Waals surface area (Å²) in [4.78, 5) is 18.5. The number of ether oxygens (including phenoxy) is 2. The number of anilines is 2. The number of carbonyl (C=O) groups excluding carboxylic acids is 1. The van der Waals surface area contributed by atoms with Gasteiger partial charge in [-0.05, 0) is 18.2 Å². The third kappa shape index (κ3) is 2.91. The first-order chi connectivity index (χ1) is 15.7. The lowest BCUT2D eigenvalue weighted by Gasteiger charge is -2.27. The van der Waals surface area contributed by atoms with Crippen LogP contribution in [-0.2, 0) is 19.5 Å². The molecule has 0 fully saturated rings. The van der Waals surface area contributed by atoms with Crippen molar-refractivity contribution >= 4 is 23.4 Å². The maximum Gasteiger partial charge on any atom is 0.420 e. The molecule has 0 saturated heterocycles. The van der Waals surface area contributed by atoms with E-state index in [1.165, 1.54) is 23.5 Å². The fourth-order valence-corrected chi connectivity index (χ4v) is 4.10. The van der Waals surface area contributed by atoms with Gasteiger partial charge in [-0.15, -0.1) is 10.2 Å². The highest BCUT2D eigenvalue weighted by Gasteiger charge is 2.29. The van der Waals surface area contributed by atoms with Crippen molar-refractivity contribution in [3.05, 3.63) is 71.4 Å². The number of rotatable bonds is 4. The molecular weight excluding hydrogens is 415 g/mol. The predicted octanol–water partition coefficient (Wildman–Crippen LogP) is 3.33. The first-order valence-corrected chi connectivity index (χ1v) is 10.1. The van der Waals surface area contributed by atoms with Gasteiger partial charge in [0.1, 0.15) is 29.3 Å². The quantitative estimate of drug-likeness (QED) is 0.529. The third-order valence-corrected chi connectivity index (χ3v) is 5.69. The molecule has 0 atom stereocenters. The van der Waals surface area contributed by atoms with Crippen LogP contribution in [0.1, 0.15) is 16.7 Å². The van der Waals surface area contributed by atoms with E-state index < -0.39 is 6.09 Å². The van der Waals surface area contributed by atoms with Crippen LogP contribution in [0.5, 0.6) is 11.5 Å². The molecule has 1 amide bonds. The van der Waals surface area contributed by atoms with Gasteiger partial charge >= 0.3 is 6.09 Å². The topological polar surface area (TPSA) is 93.9 Å². The molecule has 9 nitrogen and oxygen atoms in total. The zero-order chi connectivity index (χ0) is 21.7.